The first kappa shape index (κ1) is 15.8. The predicted octanol–water partition coefficient (Wildman–Crippen LogP) is 4.51. The lowest BCUT2D eigenvalue weighted by molar-refractivity contribution is 0.415. The highest BCUT2D eigenvalue weighted by molar-refractivity contribution is 5.88. The number of fused-ring (bicyclic) bond motifs is 1. The number of benzene rings is 2. The van der Waals surface area contributed by atoms with Gasteiger partial charge in [-0.3, -0.25) is 0 Å². The van der Waals surface area contributed by atoms with Gasteiger partial charge in [0.2, 0.25) is 0 Å². The van der Waals surface area contributed by atoms with Crippen molar-refractivity contribution in [1.29, 1.82) is 5.26 Å². The molecule has 4 heteroatoms. The number of nitrogens with zero attached hydrogens (tertiary/aromatic N) is 2. The van der Waals surface area contributed by atoms with Gasteiger partial charge in [-0.15, -0.1) is 12.4 Å². The zero-order valence-electron chi connectivity index (χ0n) is 12.3. The lowest BCUT2D eigenvalue weighted by Gasteiger charge is -2.10. The summed E-state index contributed by atoms with van der Waals surface area (Å²) in [5.41, 5.74) is 4.13. The number of pyridine rings is 1. The van der Waals surface area contributed by atoms with Crippen molar-refractivity contribution in [2.24, 2.45) is 0 Å². The molecule has 0 N–H and O–H groups in total. The topological polar surface area (TPSA) is 45.9 Å². The van der Waals surface area contributed by atoms with Gasteiger partial charge in [-0.25, -0.2) is 4.98 Å². The Bertz CT molecular complexity index is 851. The van der Waals surface area contributed by atoms with Crippen LogP contribution in [0.2, 0.25) is 0 Å². The molecule has 0 atom stereocenters. The number of aryl methyl sites for hydroxylation is 1. The highest BCUT2D eigenvalue weighted by atomic mass is 35.5. The van der Waals surface area contributed by atoms with E-state index in [2.05, 4.69) is 11.1 Å². The SMILES string of the molecule is COc1ccc(-c2nc3ccccc3c(C)c2C#N)cc1.Cl. The molecule has 3 nitrogen and oxygen atoms in total. The normalized spacial score (nSPS) is 9.86. The fourth-order valence-corrected chi connectivity index (χ4v) is 2.47. The lowest BCUT2D eigenvalue weighted by atomic mass is 9.98. The molecule has 0 spiro atoms. The minimum Gasteiger partial charge on any atom is -0.497 e. The first-order valence-corrected chi connectivity index (χ1v) is 6.68. The molecule has 0 radical (unpaired) electrons. The molecule has 22 heavy (non-hydrogen) atoms. The van der Waals surface area contributed by atoms with Gasteiger partial charge in [0.25, 0.3) is 0 Å². The molecule has 0 bridgehead atoms. The number of nitriles is 1. The highest BCUT2D eigenvalue weighted by Gasteiger charge is 2.13. The molecule has 1 heterocycles. The van der Waals surface area contributed by atoms with Gasteiger partial charge in [-0.2, -0.15) is 5.26 Å². The van der Waals surface area contributed by atoms with Crippen molar-refractivity contribution >= 4 is 23.3 Å². The minimum absolute atomic E-state index is 0. The Balaban J connectivity index is 0.00000176. The quantitative estimate of drug-likeness (QED) is 0.699. The molecule has 3 aromatic rings. The number of ether oxygens (including phenoxy) is 1. The van der Waals surface area contributed by atoms with E-state index in [4.69, 9.17) is 4.74 Å². The van der Waals surface area contributed by atoms with Gasteiger partial charge >= 0.3 is 0 Å². The van der Waals surface area contributed by atoms with Gasteiger partial charge in [0.15, 0.2) is 0 Å². The predicted molar refractivity (Wildman–Crippen MR) is 90.4 cm³/mol. The molecule has 0 saturated carbocycles. The Morgan fingerprint density at radius 1 is 1.05 bits per heavy atom. The first-order chi connectivity index (χ1) is 10.2. The van der Waals surface area contributed by atoms with Crippen LogP contribution < -0.4 is 4.74 Å². The van der Waals surface area contributed by atoms with Gasteiger partial charge in [0, 0.05) is 10.9 Å². The van der Waals surface area contributed by atoms with Crippen LogP contribution in [0.5, 0.6) is 5.75 Å². The molecule has 0 fully saturated rings. The molecule has 1 aromatic heterocycles. The van der Waals surface area contributed by atoms with E-state index in [1.807, 2.05) is 55.5 Å². The minimum atomic E-state index is 0. The van der Waals surface area contributed by atoms with E-state index in [1.165, 1.54) is 0 Å². The fourth-order valence-electron chi connectivity index (χ4n) is 2.47. The molecule has 110 valence electrons. The van der Waals surface area contributed by atoms with Crippen molar-refractivity contribution in [2.45, 2.75) is 6.92 Å². The number of hydrogen-bond acceptors (Lipinski definition) is 3. The second-order valence-corrected chi connectivity index (χ2v) is 4.82. The summed E-state index contributed by atoms with van der Waals surface area (Å²) in [4.78, 5) is 4.67. The summed E-state index contributed by atoms with van der Waals surface area (Å²) < 4.78 is 5.17. The summed E-state index contributed by atoms with van der Waals surface area (Å²) in [6.07, 6.45) is 0. The summed E-state index contributed by atoms with van der Waals surface area (Å²) in [6.45, 7) is 1.97. The number of aromatic nitrogens is 1. The molecular weight excluding hydrogens is 296 g/mol. The van der Waals surface area contributed by atoms with Crippen molar-refractivity contribution in [1.82, 2.24) is 4.98 Å². The monoisotopic (exact) mass is 310 g/mol. The smallest absolute Gasteiger partial charge is 0.118 e. The number of rotatable bonds is 2. The van der Waals surface area contributed by atoms with E-state index in [9.17, 15) is 5.26 Å². The molecule has 0 aliphatic heterocycles. The standard InChI is InChI=1S/C18H14N2O.ClH/c1-12-15-5-3-4-6-17(15)20-18(16(12)11-19)13-7-9-14(21-2)10-8-13;/h3-10H,1-2H3;1H. The third kappa shape index (κ3) is 2.61. The van der Waals surface area contributed by atoms with Crippen LogP contribution in [-0.2, 0) is 0 Å². The lowest BCUT2D eigenvalue weighted by Crippen LogP contribution is -1.95. The molecule has 0 amide bonds. The van der Waals surface area contributed by atoms with Crippen LogP contribution in [0.3, 0.4) is 0 Å². The molecule has 0 aliphatic rings. The number of hydrogen-bond donors (Lipinski definition) is 0. The largest absolute Gasteiger partial charge is 0.497 e. The summed E-state index contributed by atoms with van der Waals surface area (Å²) in [5, 5.41) is 10.5. The van der Waals surface area contributed by atoms with Crippen molar-refractivity contribution in [3.63, 3.8) is 0 Å². The Morgan fingerprint density at radius 3 is 2.36 bits per heavy atom. The summed E-state index contributed by atoms with van der Waals surface area (Å²) in [5.74, 6) is 0.787. The molecule has 0 saturated heterocycles. The number of halogens is 1. The zero-order valence-corrected chi connectivity index (χ0v) is 13.1. The Hall–Kier alpha value is -2.57. The van der Waals surface area contributed by atoms with Crippen LogP contribution in [0, 0.1) is 18.3 Å². The second kappa shape index (κ2) is 6.46. The average molecular weight is 311 g/mol. The maximum absolute atomic E-state index is 9.51. The van der Waals surface area contributed by atoms with Crippen molar-refractivity contribution in [3.05, 3.63) is 59.7 Å². The van der Waals surface area contributed by atoms with Crippen molar-refractivity contribution < 1.29 is 4.74 Å². The molecular formula is C18H15ClN2O. The molecule has 0 unspecified atom stereocenters. The zero-order chi connectivity index (χ0) is 14.8. The van der Waals surface area contributed by atoms with Gasteiger partial charge in [0.1, 0.15) is 11.8 Å². The average Bonchev–Trinajstić information content (AvgIpc) is 2.55. The second-order valence-electron chi connectivity index (χ2n) is 4.82. The van der Waals surface area contributed by atoms with Crippen LogP contribution in [0.25, 0.3) is 22.2 Å². The van der Waals surface area contributed by atoms with Crippen molar-refractivity contribution in [3.8, 4) is 23.1 Å². The van der Waals surface area contributed by atoms with Crippen LogP contribution in [0.4, 0.5) is 0 Å². The van der Waals surface area contributed by atoms with E-state index < -0.39 is 0 Å². The van der Waals surface area contributed by atoms with Crippen LogP contribution in [0.1, 0.15) is 11.1 Å². The molecule has 3 rings (SSSR count). The van der Waals surface area contributed by atoms with Crippen molar-refractivity contribution in [2.75, 3.05) is 7.11 Å². The highest BCUT2D eigenvalue weighted by Crippen LogP contribution is 2.29. The third-order valence-corrected chi connectivity index (χ3v) is 3.63. The van der Waals surface area contributed by atoms with E-state index in [-0.39, 0.29) is 12.4 Å². The Kier molecular flexibility index (Phi) is 4.65. The van der Waals surface area contributed by atoms with E-state index in [1.54, 1.807) is 7.11 Å². The van der Waals surface area contributed by atoms with Gasteiger partial charge in [0.05, 0.1) is 23.9 Å². The summed E-state index contributed by atoms with van der Waals surface area (Å²) in [7, 11) is 1.63. The molecule has 0 aliphatic carbocycles. The maximum Gasteiger partial charge on any atom is 0.118 e. The van der Waals surface area contributed by atoms with E-state index >= 15 is 0 Å². The first-order valence-electron chi connectivity index (χ1n) is 6.68. The Morgan fingerprint density at radius 2 is 1.73 bits per heavy atom. The van der Waals surface area contributed by atoms with Gasteiger partial charge in [-0.05, 0) is 42.8 Å². The van der Waals surface area contributed by atoms with Crippen LogP contribution >= 0.6 is 12.4 Å². The third-order valence-electron chi connectivity index (χ3n) is 3.63. The fraction of sp³-hybridized carbons (Fsp3) is 0.111. The van der Waals surface area contributed by atoms with Gasteiger partial charge in [-0.1, -0.05) is 18.2 Å². The summed E-state index contributed by atoms with van der Waals surface area (Å²) >= 11 is 0. The number of para-hydroxylation sites is 1. The van der Waals surface area contributed by atoms with Crippen LogP contribution in [0.15, 0.2) is 48.5 Å². The maximum atomic E-state index is 9.51. The Labute approximate surface area is 135 Å². The van der Waals surface area contributed by atoms with Crippen LogP contribution in [-0.4, -0.2) is 12.1 Å². The van der Waals surface area contributed by atoms with Gasteiger partial charge < -0.3 is 4.74 Å². The van der Waals surface area contributed by atoms with E-state index in [0.717, 1.165) is 33.5 Å². The van der Waals surface area contributed by atoms with E-state index in [0.29, 0.717) is 5.56 Å². The summed E-state index contributed by atoms with van der Waals surface area (Å²) in [6, 6.07) is 17.8. The molecule has 2 aromatic carbocycles. The number of methoxy groups -OCH3 is 1.